The number of carboxylic acid groups (broad SMARTS) is 1. The Morgan fingerprint density at radius 2 is 1.38 bits per heavy atom. The second-order valence-electron chi connectivity index (χ2n) is 21.0. The number of quaternary nitrogens is 1. The van der Waals surface area contributed by atoms with Gasteiger partial charge in [0.15, 0.2) is 12.2 Å². The van der Waals surface area contributed by atoms with Gasteiger partial charge in [-0.3, -0.25) is 73.3 Å². The minimum atomic E-state index is -1.62. The monoisotopic (exact) mass is 1170 g/mol. The summed E-state index contributed by atoms with van der Waals surface area (Å²) < 4.78 is 0. The van der Waals surface area contributed by atoms with E-state index >= 15 is 0 Å². The van der Waals surface area contributed by atoms with Crippen LogP contribution in [0.5, 0.6) is 0 Å². The van der Waals surface area contributed by atoms with Crippen LogP contribution in [0, 0.1) is 5.92 Å². The van der Waals surface area contributed by atoms with Crippen LogP contribution >= 0.6 is 0 Å². The summed E-state index contributed by atoms with van der Waals surface area (Å²) in [6, 6.07) is -10.6. The standard InChI is InChI=1S/C49H82N14O19/c50-14-3-1-7-28(56-48(79)34(24-65)60-49(80)35-13-16-51-42-32(55-39(70)11-12-41(72)73)19-27-20-37(68)38(69)21-36(27)63(35)42)43(74)53-22-40(71)54-29(9-5-17-61(81)25-66)45(76)57-30-8-2-4-15-52-44(75)33(23-64)59-47(78)31(58-46(30)77)10-6-18-62(82)26-67/h25-38,42,51,64-65,68-69,81-82H,1-24,50H2,(H,52,75)(H,53,74)(H,54,71)(H,55,70)(H,56,79)(H,57,76)(H,58,77)(H,59,78)(H,60,80)(H,72,73)/p+1/t27?,28-,29-,30-,31-,32?,33-,34+,35+,36?,37?,38?,42?/m0/s1. The van der Waals surface area contributed by atoms with E-state index < -0.39 is 158 Å². The lowest BCUT2D eigenvalue weighted by Crippen LogP contribution is -3.29. The van der Waals surface area contributed by atoms with Crippen LogP contribution in [0.1, 0.15) is 103 Å². The van der Waals surface area contributed by atoms with Gasteiger partial charge in [0.1, 0.15) is 36.3 Å². The summed E-state index contributed by atoms with van der Waals surface area (Å²) in [7, 11) is 0. The van der Waals surface area contributed by atoms with Crippen LogP contribution in [0.3, 0.4) is 0 Å². The van der Waals surface area contributed by atoms with Crippen molar-refractivity contribution in [2.24, 2.45) is 11.7 Å². The number of carboxylic acids is 1. The first kappa shape index (κ1) is 67.8. The van der Waals surface area contributed by atoms with Crippen molar-refractivity contribution in [1.29, 1.82) is 0 Å². The first-order chi connectivity index (χ1) is 39.1. The van der Waals surface area contributed by atoms with E-state index in [-0.39, 0.29) is 140 Å². The Balaban J connectivity index is 1.47. The number of hydrogen-bond donors (Lipinski definition) is 19. The molecule has 3 aliphatic heterocycles. The molecule has 33 nitrogen and oxygen atoms in total. The molecular weight excluding hydrogens is 1090 g/mol. The third kappa shape index (κ3) is 21.2. The first-order valence-corrected chi connectivity index (χ1v) is 27.7. The molecule has 0 radical (unpaired) electrons. The van der Waals surface area contributed by atoms with Gasteiger partial charge in [-0.1, -0.05) is 0 Å². The molecule has 3 heterocycles. The number of carbonyl (C=O) groups is 12. The fraction of sp³-hybridized carbons (Fsp3) is 0.755. The number of rotatable bonds is 30. The number of carbonyl (C=O) groups excluding carboxylic acids is 11. The number of nitrogens with one attached hydrogen (secondary N) is 11. The number of aliphatic hydroxyl groups excluding tert-OH is 4. The number of amides is 11. The quantitative estimate of drug-likeness (QED) is 0.0137. The Kier molecular flexibility index (Phi) is 28.6. The van der Waals surface area contributed by atoms with E-state index in [0.29, 0.717) is 22.8 Å². The molecule has 4 aliphatic rings. The lowest BCUT2D eigenvalue weighted by molar-refractivity contribution is -0.983. The van der Waals surface area contributed by atoms with Gasteiger partial charge in [0.2, 0.25) is 60.1 Å². The van der Waals surface area contributed by atoms with Gasteiger partial charge in [0.25, 0.3) is 5.91 Å². The van der Waals surface area contributed by atoms with Crippen molar-refractivity contribution in [2.75, 3.05) is 52.5 Å². The van der Waals surface area contributed by atoms with E-state index in [1.165, 1.54) is 0 Å². The number of hydrogen-bond acceptors (Lipinski definition) is 20. The van der Waals surface area contributed by atoms with Crippen molar-refractivity contribution in [3.63, 3.8) is 0 Å². The van der Waals surface area contributed by atoms with Gasteiger partial charge >= 0.3 is 5.97 Å². The summed E-state index contributed by atoms with van der Waals surface area (Å²) in [5.74, 6) is -8.97. The summed E-state index contributed by atoms with van der Waals surface area (Å²) in [6.45, 7) is -2.55. The van der Waals surface area contributed by atoms with Crippen molar-refractivity contribution >= 4 is 72.0 Å². The Labute approximate surface area is 472 Å². The first-order valence-electron chi connectivity index (χ1n) is 27.7. The summed E-state index contributed by atoms with van der Waals surface area (Å²) in [4.78, 5) is 156. The van der Waals surface area contributed by atoms with Gasteiger partial charge in [-0.15, -0.1) is 0 Å². The molecule has 14 atom stereocenters. The topological polar surface area (TPSA) is 504 Å². The normalized spacial score (nSPS) is 26.8. The molecule has 0 aromatic carbocycles. The molecule has 1 aliphatic carbocycles. The van der Waals surface area contributed by atoms with Gasteiger partial charge in [0.05, 0.1) is 50.5 Å². The molecule has 11 amide bonds. The zero-order chi connectivity index (χ0) is 60.5. The maximum atomic E-state index is 14.3. The predicted molar refractivity (Wildman–Crippen MR) is 279 cm³/mol. The van der Waals surface area contributed by atoms with Crippen LogP contribution in [0.25, 0.3) is 0 Å². The van der Waals surface area contributed by atoms with Crippen LogP contribution in [-0.2, 0) is 57.5 Å². The number of aliphatic hydroxyl groups is 4. The lowest BCUT2D eigenvalue weighted by Gasteiger charge is -2.54. The Bertz CT molecular complexity index is 2200. The van der Waals surface area contributed by atoms with E-state index in [2.05, 4.69) is 53.2 Å². The Morgan fingerprint density at radius 3 is 2.05 bits per heavy atom. The van der Waals surface area contributed by atoms with Gasteiger partial charge in [-0.2, -0.15) is 0 Å². The second kappa shape index (κ2) is 34.7. The van der Waals surface area contributed by atoms with Crippen LogP contribution in [-0.4, -0.2) is 243 Å². The van der Waals surface area contributed by atoms with Crippen molar-refractivity contribution in [3.8, 4) is 0 Å². The second-order valence-corrected chi connectivity index (χ2v) is 21.0. The summed E-state index contributed by atoms with van der Waals surface area (Å²) in [5, 5.41) is 96.9. The van der Waals surface area contributed by atoms with Crippen molar-refractivity contribution in [3.05, 3.63) is 0 Å². The molecule has 82 heavy (non-hydrogen) atoms. The minimum Gasteiger partial charge on any atom is -0.481 e. The number of aliphatic carboxylic acids is 1. The van der Waals surface area contributed by atoms with Gasteiger partial charge < -0.3 is 84.0 Å². The van der Waals surface area contributed by atoms with Gasteiger partial charge in [-0.25, -0.2) is 10.1 Å². The van der Waals surface area contributed by atoms with E-state index in [1.54, 1.807) is 0 Å². The molecule has 1 saturated carbocycles. The SMILES string of the molecule is NCCCC[C@H](NC(=O)[C@@H](CO)NC(=O)[C@H]1CCNC2C(NC(=O)CCC(=O)O)CC3CC(O)C(O)CC3[NH+]21)C(=O)NCC(=O)N[C@@H](CCCN(O)C=O)C(=O)N[C@H]1CCCCNC(=O)[C@H](CO)NC(=O)[C@H](CCCN(O)C=O)NC1=O. The maximum Gasteiger partial charge on any atom is 0.303 e. The number of nitrogens with two attached hydrogens (primary N) is 1. The van der Waals surface area contributed by atoms with E-state index in [4.69, 9.17) is 10.8 Å². The Morgan fingerprint density at radius 1 is 0.707 bits per heavy atom. The summed E-state index contributed by atoms with van der Waals surface area (Å²) >= 11 is 0. The molecule has 20 N–H and O–H groups in total. The zero-order valence-corrected chi connectivity index (χ0v) is 45.6. The molecular formula is C49H83N14O19+. The highest BCUT2D eigenvalue weighted by molar-refractivity contribution is 5.97. The molecule has 4 fully saturated rings. The van der Waals surface area contributed by atoms with Crippen LogP contribution in [0.15, 0.2) is 0 Å². The average molecular weight is 1170 g/mol. The zero-order valence-electron chi connectivity index (χ0n) is 45.6. The molecule has 33 heteroatoms. The largest absolute Gasteiger partial charge is 0.481 e. The molecule has 0 aromatic rings. The van der Waals surface area contributed by atoms with E-state index in [9.17, 15) is 88.4 Å². The molecule has 0 bridgehead atoms. The number of unbranched alkanes of at least 4 members (excludes halogenated alkanes) is 1. The van der Waals surface area contributed by atoms with Crippen LogP contribution in [0.4, 0.5) is 0 Å². The molecule has 0 aromatic heterocycles. The highest BCUT2D eigenvalue weighted by atomic mass is 16.5. The molecule has 4 rings (SSSR count). The van der Waals surface area contributed by atoms with E-state index in [0.717, 1.165) is 0 Å². The smallest absolute Gasteiger partial charge is 0.303 e. The van der Waals surface area contributed by atoms with Crippen molar-refractivity contribution < 1.29 is 98.4 Å². The number of nitrogens with zero attached hydrogens (tertiary/aromatic N) is 2. The highest BCUT2D eigenvalue weighted by Gasteiger charge is 2.56. The number of hydroxylamine groups is 4. The molecule has 7 unspecified atom stereocenters. The van der Waals surface area contributed by atoms with Gasteiger partial charge in [0, 0.05) is 51.4 Å². The molecule has 0 spiro atoms. The van der Waals surface area contributed by atoms with Gasteiger partial charge in [-0.05, 0) is 83.6 Å². The third-order valence-corrected chi connectivity index (χ3v) is 15.0. The van der Waals surface area contributed by atoms with E-state index in [1.807, 2.05) is 0 Å². The van der Waals surface area contributed by atoms with Crippen molar-refractivity contribution in [2.45, 2.75) is 175 Å². The lowest BCUT2D eigenvalue weighted by atomic mass is 9.72. The van der Waals surface area contributed by atoms with Crippen LogP contribution < -0.4 is 63.8 Å². The Hall–Kier alpha value is -6.72. The predicted octanol–water partition coefficient (Wildman–Crippen LogP) is -9.49. The maximum absolute atomic E-state index is 14.3. The van der Waals surface area contributed by atoms with Crippen molar-refractivity contribution in [1.82, 2.24) is 63.3 Å². The molecule has 3 saturated heterocycles. The fourth-order valence-corrected chi connectivity index (χ4v) is 10.7. The molecule has 462 valence electrons. The fourth-order valence-electron chi connectivity index (χ4n) is 10.7. The number of piperidine rings is 1. The minimum absolute atomic E-state index is 0.0361. The van der Waals surface area contributed by atoms with Crippen LogP contribution in [0.2, 0.25) is 0 Å². The summed E-state index contributed by atoms with van der Waals surface area (Å²) in [5.41, 5.74) is 5.70. The highest BCUT2D eigenvalue weighted by Crippen LogP contribution is 2.32. The third-order valence-electron chi connectivity index (χ3n) is 15.0. The summed E-state index contributed by atoms with van der Waals surface area (Å²) in [6.07, 6.45) is -2.00. The number of fused-ring (bicyclic) bond motifs is 3. The average Bonchev–Trinajstić information content (AvgIpc) is 1.58.